The number of aryl methyl sites for hydroxylation is 1. The van der Waals surface area contributed by atoms with E-state index in [9.17, 15) is 9.59 Å². The first kappa shape index (κ1) is 26.7. The Morgan fingerprint density at radius 2 is 1.86 bits per heavy atom. The number of carbonyl (C=O) groups is 2. The van der Waals surface area contributed by atoms with E-state index >= 15 is 0 Å². The second kappa shape index (κ2) is 12.7. The first-order valence-corrected chi connectivity index (χ1v) is 13.4. The summed E-state index contributed by atoms with van der Waals surface area (Å²) in [5.41, 5.74) is 2.70. The summed E-state index contributed by atoms with van der Waals surface area (Å²) in [6.07, 6.45) is 1.44. The third kappa shape index (κ3) is 6.50. The van der Waals surface area contributed by atoms with Crippen molar-refractivity contribution in [1.82, 2.24) is 9.80 Å². The average Bonchev–Trinajstić information content (AvgIpc) is 3.41. The van der Waals surface area contributed by atoms with Crippen molar-refractivity contribution in [3.8, 4) is 11.5 Å². The van der Waals surface area contributed by atoms with Crippen LogP contribution in [0.25, 0.3) is 0 Å². The Morgan fingerprint density at radius 1 is 1.08 bits per heavy atom. The summed E-state index contributed by atoms with van der Waals surface area (Å²) in [5.74, 6) is 1.21. The number of thiophene rings is 1. The zero-order chi connectivity index (χ0) is 26.2. The highest BCUT2D eigenvalue weighted by atomic mass is 32.1. The van der Waals surface area contributed by atoms with Gasteiger partial charge in [0.15, 0.2) is 0 Å². The molecule has 1 unspecified atom stereocenters. The molecule has 3 aromatic rings. The maximum Gasteiger partial charge on any atom is 0.254 e. The maximum atomic E-state index is 13.7. The van der Waals surface area contributed by atoms with Crippen molar-refractivity contribution in [3.63, 3.8) is 0 Å². The molecule has 0 N–H and O–H groups in total. The molecule has 2 amide bonds. The van der Waals surface area contributed by atoms with Crippen molar-refractivity contribution in [2.45, 2.75) is 25.8 Å². The van der Waals surface area contributed by atoms with Crippen LogP contribution in [0.2, 0.25) is 0 Å². The molecule has 0 spiro atoms. The maximum absolute atomic E-state index is 13.7. The molecule has 0 bridgehead atoms. The average molecular weight is 523 g/mol. The van der Waals surface area contributed by atoms with Crippen LogP contribution in [0, 0.1) is 6.92 Å². The number of carbonyl (C=O) groups excluding carboxylic acids is 2. The Balaban J connectivity index is 1.52. The number of para-hydroxylation sites is 1. The lowest BCUT2D eigenvalue weighted by molar-refractivity contribution is -0.135. The number of hydrogen-bond acceptors (Lipinski definition) is 6. The Bertz CT molecular complexity index is 1190. The zero-order valence-corrected chi connectivity index (χ0v) is 22.5. The normalized spacial score (nSPS) is 14.7. The molecule has 1 aliphatic rings. The first-order chi connectivity index (χ1) is 18.0. The van der Waals surface area contributed by atoms with E-state index in [1.165, 1.54) is 4.88 Å². The van der Waals surface area contributed by atoms with Crippen molar-refractivity contribution in [1.29, 1.82) is 0 Å². The lowest BCUT2D eigenvalue weighted by Crippen LogP contribution is -2.48. The van der Waals surface area contributed by atoms with Gasteiger partial charge in [-0.2, -0.15) is 0 Å². The molecule has 1 aliphatic heterocycles. The predicted octanol–water partition coefficient (Wildman–Crippen LogP) is 4.75. The van der Waals surface area contributed by atoms with Gasteiger partial charge in [0, 0.05) is 37.2 Å². The smallest absolute Gasteiger partial charge is 0.254 e. The number of fused-ring (bicyclic) bond motifs is 1. The molecule has 2 heterocycles. The standard InChI is InChI=1S/C29H34N2O5S/c1-21-7-4-5-8-26(21)36-20-25-24-14-18-37-27(24)13-16-31(25)28(32)19-30(15-6-17-34-2)29(33)22-9-11-23(35-3)12-10-22/h4-5,7-12,14,18,25H,6,13,15-17,19-20H2,1-3H3. The van der Waals surface area contributed by atoms with E-state index in [4.69, 9.17) is 14.2 Å². The fraction of sp³-hybridized carbons (Fsp3) is 0.379. The molecule has 0 saturated heterocycles. The highest BCUT2D eigenvalue weighted by Crippen LogP contribution is 2.34. The van der Waals surface area contributed by atoms with Crippen molar-refractivity contribution in [2.24, 2.45) is 0 Å². The fourth-order valence-electron chi connectivity index (χ4n) is 4.58. The predicted molar refractivity (Wildman–Crippen MR) is 145 cm³/mol. The number of amides is 2. The van der Waals surface area contributed by atoms with Gasteiger partial charge in [-0.25, -0.2) is 0 Å². The van der Waals surface area contributed by atoms with Crippen LogP contribution in [-0.2, 0) is 16.0 Å². The number of ether oxygens (including phenoxy) is 3. The van der Waals surface area contributed by atoms with Gasteiger partial charge in [0.2, 0.25) is 5.91 Å². The molecule has 0 saturated carbocycles. The van der Waals surface area contributed by atoms with Gasteiger partial charge in [0.25, 0.3) is 5.91 Å². The lowest BCUT2D eigenvalue weighted by Gasteiger charge is -2.37. The van der Waals surface area contributed by atoms with E-state index in [1.807, 2.05) is 36.1 Å². The molecule has 37 heavy (non-hydrogen) atoms. The minimum atomic E-state index is -0.209. The van der Waals surface area contributed by atoms with Crippen LogP contribution in [0.15, 0.2) is 60.0 Å². The molecule has 0 fully saturated rings. The van der Waals surface area contributed by atoms with Gasteiger partial charge < -0.3 is 24.0 Å². The third-order valence-corrected chi connectivity index (χ3v) is 7.63. The second-order valence-electron chi connectivity index (χ2n) is 9.03. The van der Waals surface area contributed by atoms with Gasteiger partial charge >= 0.3 is 0 Å². The Kier molecular flexibility index (Phi) is 9.19. The molecular formula is C29H34N2O5S. The lowest BCUT2D eigenvalue weighted by atomic mass is 10.00. The van der Waals surface area contributed by atoms with Crippen LogP contribution in [0.1, 0.15) is 38.8 Å². The van der Waals surface area contributed by atoms with Gasteiger partial charge in [-0.3, -0.25) is 9.59 Å². The second-order valence-corrected chi connectivity index (χ2v) is 10.0. The summed E-state index contributed by atoms with van der Waals surface area (Å²) in [6.45, 7) is 3.89. The SMILES string of the molecule is COCCCN(CC(=O)N1CCc2sccc2C1COc1ccccc1C)C(=O)c1ccc(OC)cc1. The highest BCUT2D eigenvalue weighted by Gasteiger charge is 2.33. The minimum absolute atomic E-state index is 0.00505. The van der Waals surface area contributed by atoms with Crippen LogP contribution >= 0.6 is 11.3 Å². The molecule has 8 heteroatoms. The van der Waals surface area contributed by atoms with Gasteiger partial charge in [-0.15, -0.1) is 11.3 Å². The van der Waals surface area contributed by atoms with Gasteiger partial charge in [-0.05, 0) is 72.7 Å². The number of methoxy groups -OCH3 is 2. The van der Waals surface area contributed by atoms with Crippen LogP contribution < -0.4 is 9.47 Å². The molecule has 7 nitrogen and oxygen atoms in total. The summed E-state index contributed by atoms with van der Waals surface area (Å²) >= 11 is 1.72. The highest BCUT2D eigenvalue weighted by molar-refractivity contribution is 7.10. The van der Waals surface area contributed by atoms with E-state index in [0.717, 1.165) is 23.3 Å². The molecule has 0 aliphatic carbocycles. The number of nitrogens with zero attached hydrogens (tertiary/aromatic N) is 2. The van der Waals surface area contributed by atoms with Gasteiger partial charge in [0.1, 0.15) is 24.7 Å². The van der Waals surface area contributed by atoms with E-state index in [-0.39, 0.29) is 24.4 Å². The quantitative estimate of drug-likeness (QED) is 0.340. The van der Waals surface area contributed by atoms with Crippen molar-refractivity contribution in [2.75, 3.05) is 47.1 Å². The molecule has 0 radical (unpaired) electrons. The van der Waals surface area contributed by atoms with Crippen molar-refractivity contribution in [3.05, 3.63) is 81.5 Å². The Morgan fingerprint density at radius 3 is 2.59 bits per heavy atom. The van der Waals surface area contributed by atoms with Gasteiger partial charge in [0.05, 0.1) is 13.2 Å². The van der Waals surface area contributed by atoms with E-state index in [2.05, 4.69) is 11.4 Å². The van der Waals surface area contributed by atoms with Crippen LogP contribution in [0.4, 0.5) is 0 Å². The fourth-order valence-corrected chi connectivity index (χ4v) is 5.51. The van der Waals surface area contributed by atoms with E-state index < -0.39 is 0 Å². The van der Waals surface area contributed by atoms with Crippen molar-refractivity contribution < 1.29 is 23.8 Å². The molecule has 196 valence electrons. The summed E-state index contributed by atoms with van der Waals surface area (Å²) in [5, 5.41) is 2.07. The van der Waals surface area contributed by atoms with Crippen LogP contribution in [-0.4, -0.2) is 68.7 Å². The number of rotatable bonds is 11. The third-order valence-electron chi connectivity index (χ3n) is 6.63. The summed E-state index contributed by atoms with van der Waals surface area (Å²) in [7, 11) is 3.22. The van der Waals surface area contributed by atoms with E-state index in [0.29, 0.717) is 44.0 Å². The first-order valence-electron chi connectivity index (χ1n) is 12.5. The topological polar surface area (TPSA) is 68.3 Å². The summed E-state index contributed by atoms with van der Waals surface area (Å²) < 4.78 is 16.6. The molecule has 2 aromatic carbocycles. The van der Waals surface area contributed by atoms with Crippen LogP contribution in [0.3, 0.4) is 0 Å². The minimum Gasteiger partial charge on any atom is -0.497 e. The largest absolute Gasteiger partial charge is 0.497 e. The Hall–Kier alpha value is -3.36. The van der Waals surface area contributed by atoms with Gasteiger partial charge in [-0.1, -0.05) is 18.2 Å². The van der Waals surface area contributed by atoms with Crippen LogP contribution in [0.5, 0.6) is 11.5 Å². The number of benzene rings is 2. The number of hydrogen-bond donors (Lipinski definition) is 0. The molecular weight excluding hydrogens is 488 g/mol. The van der Waals surface area contributed by atoms with E-state index in [1.54, 1.807) is 54.7 Å². The summed E-state index contributed by atoms with van der Waals surface area (Å²) in [6, 6.07) is 16.7. The zero-order valence-electron chi connectivity index (χ0n) is 21.6. The monoisotopic (exact) mass is 522 g/mol. The van der Waals surface area contributed by atoms with Crippen molar-refractivity contribution >= 4 is 23.2 Å². The molecule has 1 aromatic heterocycles. The summed E-state index contributed by atoms with van der Waals surface area (Å²) in [4.78, 5) is 31.9. The molecule has 4 rings (SSSR count). The molecule has 1 atom stereocenters. The Labute approximate surface area is 222 Å².